The van der Waals surface area contributed by atoms with E-state index in [9.17, 15) is 9.59 Å². The lowest BCUT2D eigenvalue weighted by molar-refractivity contribution is -0.113. The number of furan rings is 1. The fourth-order valence-corrected chi connectivity index (χ4v) is 3.30. The van der Waals surface area contributed by atoms with Crippen molar-refractivity contribution in [2.24, 2.45) is 0 Å². The van der Waals surface area contributed by atoms with Gasteiger partial charge in [0.25, 0.3) is 5.91 Å². The van der Waals surface area contributed by atoms with E-state index in [2.05, 4.69) is 24.0 Å². The maximum Gasteiger partial charge on any atom is 0.289 e. The quantitative estimate of drug-likeness (QED) is 0.792. The number of rotatable bonds is 4. The van der Waals surface area contributed by atoms with E-state index in [1.807, 2.05) is 19.1 Å². The number of carbonyl (C=O) groups excluding carboxylic acids is 2. The lowest BCUT2D eigenvalue weighted by atomic mass is 9.98. The van der Waals surface area contributed by atoms with Crippen LogP contribution in [-0.2, 0) is 4.79 Å². The van der Waals surface area contributed by atoms with Crippen LogP contribution in [0.4, 0.5) is 0 Å². The molecule has 26 heavy (non-hydrogen) atoms. The van der Waals surface area contributed by atoms with Gasteiger partial charge >= 0.3 is 0 Å². The predicted octanol–water partition coefficient (Wildman–Crippen LogP) is 3.37. The van der Waals surface area contributed by atoms with Gasteiger partial charge in [-0.1, -0.05) is 24.3 Å². The van der Waals surface area contributed by atoms with Gasteiger partial charge in [-0.25, -0.2) is 0 Å². The second-order valence-electron chi connectivity index (χ2n) is 6.60. The van der Waals surface area contributed by atoms with E-state index in [1.54, 1.807) is 24.0 Å². The summed E-state index contributed by atoms with van der Waals surface area (Å²) in [4.78, 5) is 28.5. The second kappa shape index (κ2) is 7.60. The zero-order valence-corrected chi connectivity index (χ0v) is 15.5. The molecule has 5 heteroatoms. The molecule has 1 amide bonds. The number of nitrogens with zero attached hydrogens (tertiary/aromatic N) is 2. The fourth-order valence-electron chi connectivity index (χ4n) is 3.30. The number of ketones is 1. The van der Waals surface area contributed by atoms with Crippen LogP contribution in [0.25, 0.3) is 5.70 Å². The Morgan fingerprint density at radius 3 is 2.15 bits per heavy atom. The van der Waals surface area contributed by atoms with Gasteiger partial charge in [0.2, 0.25) is 0 Å². The number of benzene rings is 1. The van der Waals surface area contributed by atoms with Gasteiger partial charge in [-0.2, -0.15) is 0 Å². The Kier molecular flexibility index (Phi) is 5.26. The topological polar surface area (TPSA) is 53.8 Å². The van der Waals surface area contributed by atoms with Gasteiger partial charge in [0.05, 0.1) is 12.0 Å². The van der Waals surface area contributed by atoms with Crippen LogP contribution >= 0.6 is 0 Å². The normalized spacial score (nSPS) is 15.7. The molecule has 5 nitrogen and oxygen atoms in total. The van der Waals surface area contributed by atoms with Crippen molar-refractivity contribution in [3.63, 3.8) is 0 Å². The Balaban J connectivity index is 1.83. The minimum absolute atomic E-state index is 0.0670. The van der Waals surface area contributed by atoms with Gasteiger partial charge < -0.3 is 14.2 Å². The van der Waals surface area contributed by atoms with Crippen molar-refractivity contribution in [1.29, 1.82) is 0 Å². The molecule has 2 aromatic rings. The Labute approximate surface area is 153 Å². The summed E-state index contributed by atoms with van der Waals surface area (Å²) in [6, 6.07) is 11.5. The number of hydrogen-bond acceptors (Lipinski definition) is 4. The average Bonchev–Trinajstić information content (AvgIpc) is 3.18. The molecule has 0 N–H and O–H groups in total. The van der Waals surface area contributed by atoms with Crippen molar-refractivity contribution in [3.05, 3.63) is 65.1 Å². The molecule has 136 valence electrons. The van der Waals surface area contributed by atoms with Gasteiger partial charge in [-0.3, -0.25) is 9.59 Å². The Hall–Kier alpha value is -2.82. The minimum Gasteiger partial charge on any atom is -0.459 e. The molecular weight excluding hydrogens is 328 g/mol. The first-order chi connectivity index (χ1) is 12.5. The van der Waals surface area contributed by atoms with Crippen LogP contribution in [0.2, 0.25) is 0 Å². The summed E-state index contributed by atoms with van der Waals surface area (Å²) in [7, 11) is 0. The lowest BCUT2D eigenvalue weighted by Crippen LogP contribution is -2.48. The molecule has 0 radical (unpaired) electrons. The summed E-state index contributed by atoms with van der Waals surface area (Å²) in [6.45, 7) is 8.09. The van der Waals surface area contributed by atoms with Crippen molar-refractivity contribution >= 4 is 17.4 Å². The van der Waals surface area contributed by atoms with E-state index in [4.69, 9.17) is 4.42 Å². The maximum absolute atomic E-state index is 12.5. The highest BCUT2D eigenvalue weighted by molar-refractivity contribution is 6.00. The SMILES string of the molecule is CC(=O)/C(C)=C(\c1ccccc1C)N1CCN(C(=O)c2ccco2)CC1. The van der Waals surface area contributed by atoms with Crippen LogP contribution in [-0.4, -0.2) is 47.7 Å². The molecule has 1 saturated heterocycles. The number of hydrogen-bond donors (Lipinski definition) is 0. The maximum atomic E-state index is 12.5. The number of amides is 1. The van der Waals surface area contributed by atoms with Crippen LogP contribution in [0.15, 0.2) is 52.7 Å². The van der Waals surface area contributed by atoms with Crippen molar-refractivity contribution in [2.75, 3.05) is 26.2 Å². The summed E-state index contributed by atoms with van der Waals surface area (Å²) in [5.41, 5.74) is 3.94. The lowest BCUT2D eigenvalue weighted by Gasteiger charge is -2.38. The zero-order valence-electron chi connectivity index (χ0n) is 15.5. The third-order valence-corrected chi connectivity index (χ3v) is 4.90. The van der Waals surface area contributed by atoms with Crippen LogP contribution < -0.4 is 0 Å². The summed E-state index contributed by atoms with van der Waals surface area (Å²) in [5.74, 6) is 0.352. The molecule has 0 unspecified atom stereocenters. The molecule has 0 aliphatic carbocycles. The first-order valence-corrected chi connectivity index (χ1v) is 8.84. The van der Waals surface area contributed by atoms with Crippen LogP contribution in [0.3, 0.4) is 0 Å². The van der Waals surface area contributed by atoms with Crippen LogP contribution in [0.1, 0.15) is 35.5 Å². The zero-order chi connectivity index (χ0) is 18.7. The summed E-state index contributed by atoms with van der Waals surface area (Å²) >= 11 is 0. The van der Waals surface area contributed by atoms with E-state index >= 15 is 0 Å². The number of Topliss-reactive ketones (excluding diaryl/α,β-unsaturated/α-hetero) is 1. The van der Waals surface area contributed by atoms with E-state index in [-0.39, 0.29) is 11.7 Å². The molecule has 0 saturated carbocycles. The van der Waals surface area contributed by atoms with Gasteiger partial charge in [-0.15, -0.1) is 0 Å². The van der Waals surface area contributed by atoms with E-state index < -0.39 is 0 Å². The highest BCUT2D eigenvalue weighted by Crippen LogP contribution is 2.28. The van der Waals surface area contributed by atoms with Crippen LogP contribution in [0.5, 0.6) is 0 Å². The number of aryl methyl sites for hydroxylation is 1. The average molecular weight is 352 g/mol. The van der Waals surface area contributed by atoms with E-state index in [0.29, 0.717) is 31.9 Å². The number of allylic oxidation sites excluding steroid dienone is 1. The molecule has 1 fully saturated rings. The number of carbonyl (C=O) groups is 2. The monoisotopic (exact) mass is 352 g/mol. The molecule has 1 aliphatic heterocycles. The van der Waals surface area contributed by atoms with Gasteiger partial charge in [0.15, 0.2) is 11.5 Å². The van der Waals surface area contributed by atoms with Crippen molar-refractivity contribution < 1.29 is 14.0 Å². The third-order valence-electron chi connectivity index (χ3n) is 4.90. The molecule has 0 atom stereocenters. The summed E-state index contributed by atoms with van der Waals surface area (Å²) < 4.78 is 5.22. The second-order valence-corrected chi connectivity index (χ2v) is 6.60. The third kappa shape index (κ3) is 3.57. The van der Waals surface area contributed by atoms with E-state index in [1.165, 1.54) is 6.26 Å². The Morgan fingerprint density at radius 2 is 1.58 bits per heavy atom. The minimum atomic E-state index is -0.0839. The van der Waals surface area contributed by atoms with Gasteiger partial charge in [0, 0.05) is 37.3 Å². The molecule has 0 spiro atoms. The molecule has 0 bridgehead atoms. The molecule has 1 aliphatic rings. The van der Waals surface area contributed by atoms with Gasteiger partial charge in [0.1, 0.15) is 0 Å². The molecular formula is C21H24N2O3. The first-order valence-electron chi connectivity index (χ1n) is 8.84. The molecule has 3 rings (SSSR count). The van der Waals surface area contributed by atoms with Crippen molar-refractivity contribution in [3.8, 4) is 0 Å². The molecule has 1 aromatic heterocycles. The number of piperazine rings is 1. The smallest absolute Gasteiger partial charge is 0.289 e. The standard InChI is InChI=1S/C21H24N2O3/c1-15-7-4-5-8-18(15)20(16(2)17(3)24)22-10-12-23(13-11-22)21(25)19-9-6-14-26-19/h4-9,14H,10-13H2,1-3H3/b20-16+. The highest BCUT2D eigenvalue weighted by atomic mass is 16.3. The Morgan fingerprint density at radius 1 is 0.923 bits per heavy atom. The Bertz CT molecular complexity index is 829. The predicted molar refractivity (Wildman–Crippen MR) is 101 cm³/mol. The first kappa shape index (κ1) is 18.0. The van der Waals surface area contributed by atoms with Crippen LogP contribution in [0, 0.1) is 6.92 Å². The highest BCUT2D eigenvalue weighted by Gasteiger charge is 2.27. The summed E-state index contributed by atoms with van der Waals surface area (Å²) in [6.07, 6.45) is 1.51. The van der Waals surface area contributed by atoms with Gasteiger partial charge in [-0.05, 0) is 38.5 Å². The fraction of sp³-hybridized carbons (Fsp3) is 0.333. The molecule has 1 aromatic carbocycles. The van der Waals surface area contributed by atoms with Crippen molar-refractivity contribution in [2.45, 2.75) is 20.8 Å². The molecule has 2 heterocycles. The largest absolute Gasteiger partial charge is 0.459 e. The van der Waals surface area contributed by atoms with Crippen molar-refractivity contribution in [1.82, 2.24) is 9.80 Å². The van der Waals surface area contributed by atoms with E-state index in [0.717, 1.165) is 22.4 Å². The summed E-state index contributed by atoms with van der Waals surface area (Å²) in [5, 5.41) is 0.